The van der Waals surface area contributed by atoms with E-state index in [1.165, 1.54) is 6.04 Å². The summed E-state index contributed by atoms with van der Waals surface area (Å²) in [6.07, 6.45) is 2.77. The molecule has 0 unspecified atom stereocenters. The van der Waals surface area contributed by atoms with E-state index in [1.807, 2.05) is 6.11 Å². The minimum absolute atomic E-state index is 0.853. The fourth-order valence-corrected chi connectivity index (χ4v) is 1.37. The second-order valence-corrected chi connectivity index (χ2v) is 8.97. The van der Waals surface area contributed by atoms with E-state index < -0.39 is 8.07 Å². The van der Waals surface area contributed by atoms with Crippen molar-refractivity contribution in [2.45, 2.75) is 32.1 Å². The third kappa shape index (κ3) is 7.58. The van der Waals surface area contributed by atoms with Gasteiger partial charge in [0.15, 0.2) is 0 Å². The zero-order valence-corrected chi connectivity index (χ0v) is 7.36. The van der Waals surface area contributed by atoms with E-state index in [1.54, 1.807) is 0 Å². The molecule has 0 heterocycles. The van der Waals surface area contributed by atoms with Crippen molar-refractivity contribution in [2.75, 3.05) is 0 Å². The fourth-order valence-electron chi connectivity index (χ4n) is 0.493. The number of aliphatic hydroxyl groups is 1. The molecule has 2 heteroatoms. The molecule has 9 heavy (non-hydrogen) atoms. The van der Waals surface area contributed by atoms with E-state index in [0.717, 1.165) is 6.42 Å². The Morgan fingerprint density at radius 3 is 2.22 bits per heavy atom. The lowest BCUT2D eigenvalue weighted by atomic mass is 10.5. The van der Waals surface area contributed by atoms with E-state index in [-0.39, 0.29) is 0 Å². The minimum atomic E-state index is -0.908. The maximum Gasteiger partial charge on any atom is 0.107 e. The second-order valence-electron chi connectivity index (χ2n) is 3.35. The summed E-state index contributed by atoms with van der Waals surface area (Å²) < 4.78 is 0. The lowest BCUT2D eigenvalue weighted by Gasteiger charge is -2.11. The van der Waals surface area contributed by atoms with Crippen LogP contribution in [0.1, 0.15) is 6.42 Å². The molecule has 0 spiro atoms. The molecule has 0 fully saturated rings. The minimum Gasteiger partial charge on any atom is -0.462 e. The molecule has 0 atom stereocenters. The van der Waals surface area contributed by atoms with Crippen LogP contribution in [0.5, 0.6) is 0 Å². The highest BCUT2D eigenvalue weighted by molar-refractivity contribution is 6.76. The predicted molar refractivity (Wildman–Crippen MR) is 42.5 cm³/mol. The first-order valence-electron chi connectivity index (χ1n) is 3.18. The van der Waals surface area contributed by atoms with E-state index in [2.05, 4.69) is 25.6 Å². The van der Waals surface area contributed by atoms with Crippen molar-refractivity contribution >= 4 is 8.07 Å². The second kappa shape index (κ2) is 3.57. The predicted octanol–water partition coefficient (Wildman–Crippen LogP) is 2.05. The van der Waals surface area contributed by atoms with Crippen molar-refractivity contribution in [3.05, 3.63) is 0 Å². The van der Waals surface area contributed by atoms with Crippen LogP contribution in [0.15, 0.2) is 0 Å². The molecule has 0 aromatic carbocycles. The molecule has 0 saturated carbocycles. The molecule has 0 amide bonds. The van der Waals surface area contributed by atoms with Gasteiger partial charge in [0.2, 0.25) is 0 Å². The summed E-state index contributed by atoms with van der Waals surface area (Å²) in [7, 11) is -0.908. The molecule has 0 radical (unpaired) electrons. The Bertz CT molecular complexity index is 124. The highest BCUT2D eigenvalue weighted by atomic mass is 28.3. The normalized spacial score (nSPS) is 10.1. The fraction of sp³-hybridized carbons (Fsp3) is 0.714. The summed E-state index contributed by atoms with van der Waals surface area (Å²) in [6, 6.07) is 1.18. The number of aliphatic hydroxyl groups excluding tert-OH is 1. The Kier molecular flexibility index (Phi) is 3.41. The van der Waals surface area contributed by atoms with Crippen LogP contribution in [0.3, 0.4) is 0 Å². The van der Waals surface area contributed by atoms with Crippen LogP contribution >= 0.6 is 0 Å². The highest BCUT2D eigenvalue weighted by Gasteiger charge is 2.10. The van der Waals surface area contributed by atoms with Gasteiger partial charge in [0.25, 0.3) is 0 Å². The van der Waals surface area contributed by atoms with Crippen molar-refractivity contribution in [1.29, 1.82) is 0 Å². The molecule has 0 saturated heterocycles. The van der Waals surface area contributed by atoms with Gasteiger partial charge in [0.05, 0.1) is 0 Å². The van der Waals surface area contributed by atoms with E-state index in [4.69, 9.17) is 5.11 Å². The summed E-state index contributed by atoms with van der Waals surface area (Å²) in [5.74, 6) is 2.65. The molecular formula is C7H14OSi. The lowest BCUT2D eigenvalue weighted by Crippen LogP contribution is -2.18. The van der Waals surface area contributed by atoms with Gasteiger partial charge in [0.1, 0.15) is 6.11 Å². The zero-order chi connectivity index (χ0) is 7.33. The molecule has 1 N–H and O–H groups in total. The van der Waals surface area contributed by atoms with Gasteiger partial charge in [-0.05, 0) is 6.04 Å². The monoisotopic (exact) mass is 142 g/mol. The molecular weight excluding hydrogens is 128 g/mol. The number of hydrogen-bond donors (Lipinski definition) is 1. The average Bonchev–Trinajstić information content (AvgIpc) is 1.63. The van der Waals surface area contributed by atoms with Gasteiger partial charge in [-0.3, -0.25) is 0 Å². The molecule has 1 nitrogen and oxygen atoms in total. The van der Waals surface area contributed by atoms with Crippen LogP contribution in [0.2, 0.25) is 25.7 Å². The van der Waals surface area contributed by atoms with E-state index in [9.17, 15) is 0 Å². The number of hydrogen-bond acceptors (Lipinski definition) is 1. The van der Waals surface area contributed by atoms with E-state index in [0.29, 0.717) is 0 Å². The molecule has 0 aliphatic carbocycles. The van der Waals surface area contributed by atoms with Gasteiger partial charge < -0.3 is 5.11 Å². The quantitative estimate of drug-likeness (QED) is 0.462. The van der Waals surface area contributed by atoms with Crippen LogP contribution in [0, 0.1) is 12.0 Å². The van der Waals surface area contributed by atoms with Crippen molar-refractivity contribution in [3.8, 4) is 12.0 Å². The van der Waals surface area contributed by atoms with E-state index >= 15 is 0 Å². The van der Waals surface area contributed by atoms with Crippen molar-refractivity contribution in [2.24, 2.45) is 0 Å². The molecule has 52 valence electrons. The van der Waals surface area contributed by atoms with Gasteiger partial charge in [-0.25, -0.2) is 0 Å². The largest absolute Gasteiger partial charge is 0.462 e. The van der Waals surface area contributed by atoms with Gasteiger partial charge >= 0.3 is 0 Å². The topological polar surface area (TPSA) is 20.2 Å². The Morgan fingerprint density at radius 1 is 1.33 bits per heavy atom. The first kappa shape index (κ1) is 8.58. The van der Waals surface area contributed by atoms with Crippen LogP contribution in [0.25, 0.3) is 0 Å². The Labute approximate surface area is 58.1 Å². The van der Waals surface area contributed by atoms with Crippen LogP contribution in [-0.4, -0.2) is 13.2 Å². The molecule has 0 rings (SSSR count). The van der Waals surface area contributed by atoms with Gasteiger partial charge in [-0.15, -0.1) is 0 Å². The van der Waals surface area contributed by atoms with Crippen molar-refractivity contribution in [1.82, 2.24) is 0 Å². The average molecular weight is 142 g/mol. The third-order valence-corrected chi connectivity index (χ3v) is 2.83. The first-order chi connectivity index (χ1) is 4.06. The van der Waals surface area contributed by atoms with Crippen LogP contribution in [-0.2, 0) is 0 Å². The summed E-state index contributed by atoms with van der Waals surface area (Å²) in [4.78, 5) is 0. The SMILES string of the molecule is C[Si](C)(C)CCC#CO. The summed E-state index contributed by atoms with van der Waals surface area (Å²) in [6.45, 7) is 6.89. The number of rotatable bonds is 2. The Hall–Kier alpha value is -0.423. The van der Waals surface area contributed by atoms with Gasteiger partial charge in [-0.2, -0.15) is 0 Å². The highest BCUT2D eigenvalue weighted by Crippen LogP contribution is 2.09. The molecule has 0 aliphatic rings. The maximum absolute atomic E-state index is 8.12. The molecule has 0 aromatic rings. The van der Waals surface area contributed by atoms with Gasteiger partial charge in [-0.1, -0.05) is 25.6 Å². The summed E-state index contributed by atoms with van der Waals surface area (Å²) in [5.41, 5.74) is 0. The van der Waals surface area contributed by atoms with Crippen LogP contribution in [0.4, 0.5) is 0 Å². The van der Waals surface area contributed by atoms with Crippen LogP contribution < -0.4 is 0 Å². The Morgan fingerprint density at radius 2 is 1.89 bits per heavy atom. The maximum atomic E-state index is 8.12. The third-order valence-electron chi connectivity index (χ3n) is 1.08. The molecule has 0 aliphatic heterocycles. The molecule has 0 bridgehead atoms. The summed E-state index contributed by atoms with van der Waals surface area (Å²) in [5, 5.41) is 8.12. The van der Waals surface area contributed by atoms with Crippen molar-refractivity contribution in [3.63, 3.8) is 0 Å². The zero-order valence-electron chi connectivity index (χ0n) is 6.36. The van der Waals surface area contributed by atoms with Crippen molar-refractivity contribution < 1.29 is 5.11 Å². The smallest absolute Gasteiger partial charge is 0.107 e. The molecule has 0 aromatic heterocycles. The Balaban J connectivity index is 3.36. The lowest BCUT2D eigenvalue weighted by molar-refractivity contribution is 0.516. The first-order valence-corrected chi connectivity index (χ1v) is 6.89. The summed E-state index contributed by atoms with van der Waals surface area (Å²) >= 11 is 0. The standard InChI is InChI=1S/C7H14OSi/c1-9(2,3)7-5-4-6-8/h8H,5,7H2,1-3H3. The van der Waals surface area contributed by atoms with Gasteiger partial charge in [0, 0.05) is 14.5 Å².